The van der Waals surface area contributed by atoms with Gasteiger partial charge >= 0.3 is 0 Å². The van der Waals surface area contributed by atoms with Gasteiger partial charge in [-0.1, -0.05) is 56.1 Å². The third-order valence-electron chi connectivity index (χ3n) is 3.51. The van der Waals surface area contributed by atoms with E-state index in [1.807, 2.05) is 0 Å². The van der Waals surface area contributed by atoms with Crippen molar-refractivity contribution in [3.05, 3.63) is 30.1 Å². The van der Waals surface area contributed by atoms with E-state index in [0.29, 0.717) is 0 Å². The topological polar surface area (TPSA) is 30.2 Å². The van der Waals surface area contributed by atoms with Crippen molar-refractivity contribution in [3.8, 4) is 0 Å². The van der Waals surface area contributed by atoms with Crippen LogP contribution in [-0.2, 0) is 6.42 Å². The van der Waals surface area contributed by atoms with E-state index in [4.69, 9.17) is 0 Å². The van der Waals surface area contributed by atoms with Gasteiger partial charge in [0.15, 0.2) is 0 Å². The molecule has 3 aromatic rings. The molecule has 0 aliphatic carbocycles. The molecule has 0 aliphatic heterocycles. The largest absolute Gasteiger partial charge is 0.269 e. The minimum atomic E-state index is 1.02. The minimum absolute atomic E-state index is 1.02. The number of nitrogens with zero attached hydrogens (tertiary/aromatic N) is 3. The maximum absolute atomic E-state index is 4.35. The Kier molecular flexibility index (Phi) is 3.78. The molecule has 4 heteroatoms. The van der Waals surface area contributed by atoms with Gasteiger partial charge in [0.05, 0.1) is 10.2 Å². The van der Waals surface area contributed by atoms with Gasteiger partial charge in [-0.05, 0) is 18.6 Å². The quantitative estimate of drug-likeness (QED) is 0.621. The lowest BCUT2D eigenvalue weighted by Crippen LogP contribution is -1.94. The zero-order chi connectivity index (χ0) is 13.1. The Labute approximate surface area is 117 Å². The lowest BCUT2D eigenvalue weighted by Gasteiger charge is -2.00. The van der Waals surface area contributed by atoms with Crippen molar-refractivity contribution in [2.24, 2.45) is 0 Å². The molecule has 19 heavy (non-hydrogen) atoms. The number of para-hydroxylation sites is 1. The molecule has 0 spiro atoms. The summed E-state index contributed by atoms with van der Waals surface area (Å²) >= 11 is 1.72. The summed E-state index contributed by atoms with van der Waals surface area (Å²) in [5, 5.41) is 8.65. The number of aromatic nitrogens is 3. The second kappa shape index (κ2) is 5.70. The molecule has 0 aliphatic rings. The second-order valence-electron chi connectivity index (χ2n) is 4.97. The third-order valence-corrected chi connectivity index (χ3v) is 4.52. The van der Waals surface area contributed by atoms with Crippen molar-refractivity contribution < 1.29 is 0 Å². The summed E-state index contributed by atoms with van der Waals surface area (Å²) in [6.07, 6.45) is 7.52. The standard InChI is InChI=1S/C15H19N3S/c1-2-3-4-5-6-11-14-16-17-15-18(14)12-9-7-8-10-13(12)19-15/h7-10H,2-6,11H2,1H3. The van der Waals surface area contributed by atoms with Crippen LogP contribution in [0.1, 0.15) is 44.9 Å². The molecule has 0 radical (unpaired) electrons. The molecule has 0 bridgehead atoms. The lowest BCUT2D eigenvalue weighted by atomic mass is 10.1. The van der Waals surface area contributed by atoms with Crippen LogP contribution in [0, 0.1) is 0 Å². The molecule has 0 N–H and O–H groups in total. The van der Waals surface area contributed by atoms with Gasteiger partial charge in [0.25, 0.3) is 0 Å². The predicted octanol–water partition coefficient (Wildman–Crippen LogP) is 4.46. The fourth-order valence-corrected chi connectivity index (χ4v) is 3.47. The highest BCUT2D eigenvalue weighted by Gasteiger charge is 2.11. The van der Waals surface area contributed by atoms with Crippen LogP contribution in [0.15, 0.2) is 24.3 Å². The number of hydrogen-bond acceptors (Lipinski definition) is 3. The van der Waals surface area contributed by atoms with Crippen LogP contribution in [-0.4, -0.2) is 14.6 Å². The van der Waals surface area contributed by atoms with Crippen LogP contribution in [0.25, 0.3) is 15.2 Å². The molecule has 100 valence electrons. The molecule has 1 aromatic carbocycles. The smallest absolute Gasteiger partial charge is 0.217 e. The summed E-state index contributed by atoms with van der Waals surface area (Å²) in [7, 11) is 0. The van der Waals surface area contributed by atoms with E-state index >= 15 is 0 Å². The minimum Gasteiger partial charge on any atom is -0.269 e. The van der Waals surface area contributed by atoms with Gasteiger partial charge in [-0.2, -0.15) is 0 Å². The summed E-state index contributed by atoms with van der Waals surface area (Å²) < 4.78 is 3.51. The van der Waals surface area contributed by atoms with Crippen molar-refractivity contribution in [1.29, 1.82) is 0 Å². The third kappa shape index (κ3) is 2.50. The summed E-state index contributed by atoms with van der Waals surface area (Å²) in [5.74, 6) is 1.11. The maximum Gasteiger partial charge on any atom is 0.217 e. The Balaban J connectivity index is 1.79. The van der Waals surface area contributed by atoms with E-state index in [2.05, 4.69) is 45.8 Å². The SMILES string of the molecule is CCCCCCCc1nnc2sc3ccccc3n12. The zero-order valence-corrected chi connectivity index (χ0v) is 12.1. The molecule has 0 unspecified atom stereocenters. The molecule has 0 amide bonds. The number of fused-ring (bicyclic) bond motifs is 3. The van der Waals surface area contributed by atoms with Gasteiger partial charge in [-0.25, -0.2) is 0 Å². The maximum atomic E-state index is 4.35. The van der Waals surface area contributed by atoms with Crippen LogP contribution in [0.4, 0.5) is 0 Å². The number of hydrogen-bond donors (Lipinski definition) is 0. The number of benzene rings is 1. The first-order chi connectivity index (χ1) is 9.40. The molecule has 2 heterocycles. The average molecular weight is 273 g/mol. The fourth-order valence-electron chi connectivity index (χ4n) is 2.48. The summed E-state index contributed by atoms with van der Waals surface area (Å²) in [4.78, 5) is 1.02. The first-order valence-corrected chi connectivity index (χ1v) is 7.93. The van der Waals surface area contributed by atoms with Crippen molar-refractivity contribution in [2.45, 2.75) is 45.4 Å². The molecule has 0 fully saturated rings. The van der Waals surface area contributed by atoms with E-state index in [0.717, 1.165) is 17.2 Å². The fraction of sp³-hybridized carbons (Fsp3) is 0.467. The van der Waals surface area contributed by atoms with Crippen LogP contribution >= 0.6 is 11.3 Å². The lowest BCUT2D eigenvalue weighted by molar-refractivity contribution is 0.621. The molecule has 0 atom stereocenters. The first-order valence-electron chi connectivity index (χ1n) is 7.11. The Morgan fingerprint density at radius 2 is 1.89 bits per heavy atom. The second-order valence-corrected chi connectivity index (χ2v) is 5.98. The molecule has 3 nitrogen and oxygen atoms in total. The summed E-state index contributed by atoms with van der Waals surface area (Å²) in [5.41, 5.74) is 1.25. The molecule has 0 saturated carbocycles. The van der Waals surface area contributed by atoms with Gasteiger partial charge in [0.2, 0.25) is 4.96 Å². The van der Waals surface area contributed by atoms with Gasteiger partial charge in [0, 0.05) is 6.42 Å². The van der Waals surface area contributed by atoms with Crippen LogP contribution in [0.3, 0.4) is 0 Å². The number of thiazole rings is 1. The molecule has 0 saturated heterocycles. The van der Waals surface area contributed by atoms with E-state index in [1.165, 1.54) is 42.3 Å². The highest BCUT2D eigenvalue weighted by atomic mass is 32.1. The Hall–Kier alpha value is -1.42. The van der Waals surface area contributed by atoms with Crippen LogP contribution in [0.2, 0.25) is 0 Å². The number of unbranched alkanes of at least 4 members (excludes halogenated alkanes) is 4. The molecule has 2 aromatic heterocycles. The molecular weight excluding hydrogens is 254 g/mol. The monoisotopic (exact) mass is 273 g/mol. The Bertz CT molecular complexity index is 668. The summed E-state index contributed by atoms with van der Waals surface area (Å²) in [6, 6.07) is 8.47. The van der Waals surface area contributed by atoms with E-state index in [9.17, 15) is 0 Å². The normalized spacial score (nSPS) is 11.6. The highest BCUT2D eigenvalue weighted by molar-refractivity contribution is 7.23. The van der Waals surface area contributed by atoms with Crippen molar-refractivity contribution in [1.82, 2.24) is 14.6 Å². The summed E-state index contributed by atoms with van der Waals surface area (Å²) in [6.45, 7) is 2.25. The van der Waals surface area contributed by atoms with Crippen molar-refractivity contribution >= 4 is 26.5 Å². The highest BCUT2D eigenvalue weighted by Crippen LogP contribution is 2.26. The predicted molar refractivity (Wildman–Crippen MR) is 80.8 cm³/mol. The number of rotatable bonds is 6. The average Bonchev–Trinajstić information content (AvgIpc) is 2.98. The molecular formula is C15H19N3S. The first kappa shape index (κ1) is 12.6. The van der Waals surface area contributed by atoms with Gasteiger partial charge in [-0.3, -0.25) is 4.40 Å². The Morgan fingerprint density at radius 3 is 2.79 bits per heavy atom. The van der Waals surface area contributed by atoms with Crippen molar-refractivity contribution in [2.75, 3.05) is 0 Å². The van der Waals surface area contributed by atoms with Crippen LogP contribution in [0.5, 0.6) is 0 Å². The Morgan fingerprint density at radius 1 is 1.05 bits per heavy atom. The van der Waals surface area contributed by atoms with Crippen LogP contribution < -0.4 is 0 Å². The zero-order valence-electron chi connectivity index (χ0n) is 11.3. The number of aryl methyl sites for hydroxylation is 1. The van der Waals surface area contributed by atoms with Gasteiger partial charge in [-0.15, -0.1) is 10.2 Å². The van der Waals surface area contributed by atoms with Crippen molar-refractivity contribution in [3.63, 3.8) is 0 Å². The molecule has 3 rings (SSSR count). The van der Waals surface area contributed by atoms with Gasteiger partial charge in [0.1, 0.15) is 5.82 Å². The van der Waals surface area contributed by atoms with E-state index < -0.39 is 0 Å². The van der Waals surface area contributed by atoms with Gasteiger partial charge < -0.3 is 0 Å². The van der Waals surface area contributed by atoms with E-state index in [1.54, 1.807) is 11.3 Å². The van der Waals surface area contributed by atoms with E-state index in [-0.39, 0.29) is 0 Å².